The van der Waals surface area contributed by atoms with E-state index in [4.69, 9.17) is 0 Å². The molecule has 0 radical (unpaired) electrons. The van der Waals surface area contributed by atoms with Crippen molar-refractivity contribution in [3.63, 3.8) is 0 Å². The third-order valence-electron chi connectivity index (χ3n) is 8.68. The minimum atomic E-state index is -0.879. The number of likely N-dealkylation sites (tertiary alicyclic amines) is 1. The summed E-state index contributed by atoms with van der Waals surface area (Å²) in [6, 6.07) is 4.78. The van der Waals surface area contributed by atoms with Crippen LogP contribution in [0.4, 0.5) is 5.69 Å². The molecule has 5 rings (SSSR count). The summed E-state index contributed by atoms with van der Waals surface area (Å²) in [7, 11) is 0. The number of carbonyl (C=O) groups excluding carboxylic acids is 3. The highest BCUT2D eigenvalue weighted by atomic mass is 32.2. The second-order valence-electron chi connectivity index (χ2n) is 11.9. The summed E-state index contributed by atoms with van der Waals surface area (Å²) in [5.74, 6) is -1.30. The molecule has 4 heterocycles. The van der Waals surface area contributed by atoms with Gasteiger partial charge in [0.05, 0.1) is 29.2 Å². The second kappa shape index (κ2) is 10.8. The molecule has 4 aliphatic rings. The average molecular weight is 552 g/mol. The van der Waals surface area contributed by atoms with Gasteiger partial charge in [0.15, 0.2) is 0 Å². The van der Waals surface area contributed by atoms with Crippen LogP contribution in [0.15, 0.2) is 42.5 Å². The number of hydrogen-bond donors (Lipinski definition) is 1. The van der Waals surface area contributed by atoms with Gasteiger partial charge >= 0.3 is 0 Å². The van der Waals surface area contributed by atoms with Crippen LogP contribution in [0, 0.1) is 31.6 Å². The number of aliphatic hydroxyl groups is 1. The molecular formula is C31H41N3O4S. The topological polar surface area (TPSA) is 81.2 Å². The van der Waals surface area contributed by atoms with Crippen LogP contribution < -0.4 is 4.90 Å². The third-order valence-corrected chi connectivity index (χ3v) is 10.4. The van der Waals surface area contributed by atoms with E-state index in [1.54, 1.807) is 21.6 Å². The second-order valence-corrected chi connectivity index (χ2v) is 13.4. The van der Waals surface area contributed by atoms with Crippen molar-refractivity contribution in [2.45, 2.75) is 69.5 Å². The normalized spacial score (nSPS) is 30.9. The van der Waals surface area contributed by atoms with Gasteiger partial charge in [0.1, 0.15) is 6.04 Å². The summed E-state index contributed by atoms with van der Waals surface area (Å²) in [4.78, 5) is 48.5. The van der Waals surface area contributed by atoms with E-state index in [-0.39, 0.29) is 35.5 Å². The number of anilines is 1. The number of carbonyl (C=O) groups is 3. The summed E-state index contributed by atoms with van der Waals surface area (Å²) >= 11 is 1.60. The van der Waals surface area contributed by atoms with E-state index < -0.39 is 28.7 Å². The van der Waals surface area contributed by atoms with E-state index in [2.05, 4.69) is 32.9 Å². The molecule has 1 N–H and O–H groups in total. The Labute approximate surface area is 236 Å². The molecule has 39 heavy (non-hydrogen) atoms. The molecule has 1 aromatic carbocycles. The van der Waals surface area contributed by atoms with Crippen molar-refractivity contribution in [3.8, 4) is 0 Å². The Morgan fingerprint density at radius 3 is 2.54 bits per heavy atom. The van der Waals surface area contributed by atoms with Crippen LogP contribution in [0.2, 0.25) is 0 Å². The van der Waals surface area contributed by atoms with Crippen LogP contribution in [0.25, 0.3) is 0 Å². The van der Waals surface area contributed by atoms with Crippen molar-refractivity contribution in [1.29, 1.82) is 0 Å². The van der Waals surface area contributed by atoms with Crippen molar-refractivity contribution in [2.75, 3.05) is 31.1 Å². The van der Waals surface area contributed by atoms with E-state index in [0.717, 1.165) is 23.2 Å². The fourth-order valence-electron chi connectivity index (χ4n) is 7.04. The van der Waals surface area contributed by atoms with Gasteiger partial charge in [-0.3, -0.25) is 14.4 Å². The summed E-state index contributed by atoms with van der Waals surface area (Å²) < 4.78 is -0.879. The van der Waals surface area contributed by atoms with Gasteiger partial charge in [0.25, 0.3) is 5.91 Å². The molecule has 0 bridgehead atoms. The number of rotatable bonds is 7. The zero-order valence-electron chi connectivity index (χ0n) is 23.7. The van der Waals surface area contributed by atoms with E-state index in [9.17, 15) is 19.5 Å². The molecule has 7 nitrogen and oxygen atoms in total. The maximum atomic E-state index is 14.7. The first-order valence-corrected chi connectivity index (χ1v) is 15.1. The van der Waals surface area contributed by atoms with Crippen LogP contribution in [0.1, 0.15) is 44.7 Å². The Balaban J connectivity index is 1.65. The largest absolute Gasteiger partial charge is 0.394 e. The van der Waals surface area contributed by atoms with Crippen LogP contribution >= 0.6 is 11.8 Å². The lowest BCUT2D eigenvalue weighted by molar-refractivity contribution is -0.144. The third kappa shape index (κ3) is 4.53. The first-order chi connectivity index (χ1) is 18.6. The van der Waals surface area contributed by atoms with E-state index in [1.165, 1.54) is 0 Å². The number of fused-ring (bicyclic) bond motifs is 2. The number of benzene rings is 1. The SMILES string of the molecule is CCCN1CC=C[C@H]2S[C@]34C=CCN(c5cc(C)ccc5C)C(=O)C3N([C@@H](CO)CC(C)C)C(=O)[C@@H]4[C@H]2C1=O. The monoisotopic (exact) mass is 551 g/mol. The molecule has 0 aromatic heterocycles. The van der Waals surface area contributed by atoms with Crippen molar-refractivity contribution in [2.24, 2.45) is 17.8 Å². The number of nitrogens with zero attached hydrogens (tertiary/aromatic N) is 3. The lowest BCUT2D eigenvalue weighted by Gasteiger charge is -2.39. The maximum Gasteiger partial charge on any atom is 0.251 e. The van der Waals surface area contributed by atoms with Gasteiger partial charge in [-0.15, -0.1) is 11.8 Å². The highest BCUT2D eigenvalue weighted by Crippen LogP contribution is 2.61. The molecule has 210 valence electrons. The lowest BCUT2D eigenvalue weighted by atomic mass is 9.78. The fraction of sp³-hybridized carbons (Fsp3) is 0.581. The van der Waals surface area contributed by atoms with Gasteiger partial charge < -0.3 is 19.8 Å². The highest BCUT2D eigenvalue weighted by Gasteiger charge is 2.71. The minimum Gasteiger partial charge on any atom is -0.394 e. The molecule has 1 spiro atoms. The first-order valence-electron chi connectivity index (χ1n) is 14.3. The number of aliphatic hydroxyl groups excluding tert-OH is 1. The van der Waals surface area contributed by atoms with Gasteiger partial charge in [-0.05, 0) is 49.8 Å². The van der Waals surface area contributed by atoms with Gasteiger partial charge in [-0.1, -0.05) is 57.2 Å². The molecule has 0 saturated carbocycles. The Kier molecular flexibility index (Phi) is 7.72. The molecule has 8 heteroatoms. The van der Waals surface area contributed by atoms with Crippen molar-refractivity contribution < 1.29 is 19.5 Å². The number of thioether (sulfide) groups is 1. The van der Waals surface area contributed by atoms with Gasteiger partial charge in [0.2, 0.25) is 11.8 Å². The van der Waals surface area contributed by atoms with E-state index >= 15 is 0 Å². The molecule has 6 atom stereocenters. The predicted molar refractivity (Wildman–Crippen MR) is 155 cm³/mol. The number of aryl methyl sites for hydroxylation is 2. The Morgan fingerprint density at radius 1 is 1.08 bits per heavy atom. The Bertz CT molecular complexity index is 1210. The van der Waals surface area contributed by atoms with Crippen LogP contribution in [-0.2, 0) is 14.4 Å². The molecule has 2 fully saturated rings. The van der Waals surface area contributed by atoms with E-state index in [1.807, 2.05) is 49.1 Å². The van der Waals surface area contributed by atoms with Gasteiger partial charge in [-0.25, -0.2) is 0 Å². The summed E-state index contributed by atoms with van der Waals surface area (Å²) in [6.07, 6.45) is 9.60. The smallest absolute Gasteiger partial charge is 0.251 e. The van der Waals surface area contributed by atoms with E-state index in [0.29, 0.717) is 26.1 Å². The van der Waals surface area contributed by atoms with Crippen LogP contribution in [0.3, 0.4) is 0 Å². The first kappa shape index (κ1) is 28.0. The molecular weight excluding hydrogens is 510 g/mol. The number of hydrogen-bond acceptors (Lipinski definition) is 5. The molecule has 3 amide bonds. The summed E-state index contributed by atoms with van der Waals surface area (Å²) in [5.41, 5.74) is 2.88. The fourth-order valence-corrected chi connectivity index (χ4v) is 9.03. The summed E-state index contributed by atoms with van der Waals surface area (Å²) in [6.45, 7) is 11.5. The van der Waals surface area contributed by atoms with Crippen LogP contribution in [0.5, 0.6) is 0 Å². The van der Waals surface area contributed by atoms with Crippen molar-refractivity contribution >= 4 is 35.2 Å². The highest BCUT2D eigenvalue weighted by molar-refractivity contribution is 8.02. The summed E-state index contributed by atoms with van der Waals surface area (Å²) in [5, 5.41) is 10.4. The predicted octanol–water partition coefficient (Wildman–Crippen LogP) is 3.72. The maximum absolute atomic E-state index is 14.7. The minimum absolute atomic E-state index is 0.00364. The van der Waals surface area contributed by atoms with Gasteiger partial charge in [-0.2, -0.15) is 0 Å². The zero-order valence-corrected chi connectivity index (χ0v) is 24.5. The molecule has 1 aromatic rings. The standard InChI is InChI=1S/C31H41N3O4S/c1-6-13-32-14-7-9-24-25(28(32)36)26-29(37)34(22(18-35)16-19(2)3)27-30(38)33(15-8-12-31(26,27)39-24)23-17-20(4)10-11-21(23)5/h7-12,17,19,22,24-27,35H,6,13-16,18H2,1-5H3/t22-,24-,25+,26+,27?,31+/m1/s1. The van der Waals surface area contributed by atoms with Crippen LogP contribution in [-0.4, -0.2) is 80.9 Å². The Morgan fingerprint density at radius 2 is 1.85 bits per heavy atom. The quantitative estimate of drug-likeness (QED) is 0.523. The van der Waals surface area contributed by atoms with Crippen molar-refractivity contribution in [1.82, 2.24) is 9.80 Å². The molecule has 2 saturated heterocycles. The van der Waals surface area contributed by atoms with Gasteiger partial charge in [0, 0.05) is 30.6 Å². The molecule has 4 aliphatic heterocycles. The Hall–Kier alpha value is -2.58. The zero-order chi connectivity index (χ0) is 28.1. The average Bonchev–Trinajstić information content (AvgIpc) is 3.22. The van der Waals surface area contributed by atoms with Crippen molar-refractivity contribution in [3.05, 3.63) is 53.6 Å². The number of amides is 3. The lowest BCUT2D eigenvalue weighted by Crippen LogP contribution is -2.57. The molecule has 1 unspecified atom stereocenters. The molecule has 0 aliphatic carbocycles.